The Labute approximate surface area is 106 Å². The lowest BCUT2D eigenvalue weighted by Gasteiger charge is -2.19. The minimum atomic E-state index is 0.0436. The molecule has 0 radical (unpaired) electrons. The van der Waals surface area contributed by atoms with Crippen molar-refractivity contribution in [1.29, 1.82) is 0 Å². The van der Waals surface area contributed by atoms with E-state index in [1.54, 1.807) is 0 Å². The highest BCUT2D eigenvalue weighted by Gasteiger charge is 2.43. The number of nitrogens with one attached hydrogen (secondary N) is 1. The molecule has 3 heterocycles. The van der Waals surface area contributed by atoms with Gasteiger partial charge in [0, 0.05) is 23.0 Å². The molecule has 3 atom stereocenters. The molecule has 94 valence electrons. The molecule has 1 N–H and O–H groups in total. The predicted octanol–water partition coefficient (Wildman–Crippen LogP) is 2.78. The van der Waals surface area contributed by atoms with Crippen LogP contribution in [0.5, 0.6) is 0 Å². The quantitative estimate of drug-likeness (QED) is 0.880. The summed E-state index contributed by atoms with van der Waals surface area (Å²) in [7, 11) is 0. The van der Waals surface area contributed by atoms with Gasteiger partial charge in [-0.1, -0.05) is 0 Å². The maximum absolute atomic E-state index is 5.85. The van der Waals surface area contributed by atoms with Gasteiger partial charge in [-0.3, -0.25) is 0 Å². The monoisotopic (exact) mass is 253 g/mol. The second kappa shape index (κ2) is 3.92. The average Bonchev–Trinajstić information content (AvgIpc) is 2.87. The highest BCUT2D eigenvalue weighted by Crippen LogP contribution is 2.44. The lowest BCUT2D eigenvalue weighted by Crippen LogP contribution is -2.26. The van der Waals surface area contributed by atoms with Crippen molar-refractivity contribution in [2.75, 3.05) is 5.32 Å². The Balaban J connectivity index is 1.72. The Kier molecular flexibility index (Phi) is 2.63. The van der Waals surface area contributed by atoms with Crippen LogP contribution in [0.3, 0.4) is 0 Å². The van der Waals surface area contributed by atoms with E-state index in [0.717, 1.165) is 17.4 Å². The molecule has 4 nitrogen and oxygen atoms in total. The van der Waals surface area contributed by atoms with Crippen molar-refractivity contribution < 1.29 is 4.74 Å². The minimum absolute atomic E-state index is 0.0436. The molecule has 3 unspecified atom stereocenters. The molecule has 0 amide bonds. The van der Waals surface area contributed by atoms with Crippen LogP contribution in [0.25, 0.3) is 0 Å². The second-order valence-electron chi connectivity index (χ2n) is 6.05. The van der Waals surface area contributed by atoms with Gasteiger partial charge in [0.1, 0.15) is 5.82 Å². The van der Waals surface area contributed by atoms with Gasteiger partial charge in [-0.05, 0) is 40.0 Å². The number of rotatable bonds is 2. The molecule has 17 heavy (non-hydrogen) atoms. The SMILES string of the molecule is CC(C)(C)Nc1nc(C2CC3CCC2O3)ns1. The molecule has 2 aliphatic heterocycles. The average molecular weight is 253 g/mol. The van der Waals surface area contributed by atoms with E-state index >= 15 is 0 Å². The first-order valence-electron chi connectivity index (χ1n) is 6.28. The summed E-state index contributed by atoms with van der Waals surface area (Å²) < 4.78 is 10.3. The fourth-order valence-electron chi connectivity index (χ4n) is 2.67. The smallest absolute Gasteiger partial charge is 0.202 e. The maximum Gasteiger partial charge on any atom is 0.202 e. The van der Waals surface area contributed by atoms with Crippen LogP contribution in [0.1, 0.15) is 51.8 Å². The maximum atomic E-state index is 5.85. The van der Waals surface area contributed by atoms with Gasteiger partial charge in [-0.15, -0.1) is 0 Å². The topological polar surface area (TPSA) is 47.0 Å². The molecular formula is C12H19N3OS. The van der Waals surface area contributed by atoms with Gasteiger partial charge >= 0.3 is 0 Å². The van der Waals surface area contributed by atoms with E-state index in [4.69, 9.17) is 4.74 Å². The number of aromatic nitrogens is 2. The number of hydrogen-bond donors (Lipinski definition) is 1. The van der Waals surface area contributed by atoms with E-state index in [-0.39, 0.29) is 5.54 Å². The van der Waals surface area contributed by atoms with Gasteiger partial charge in [-0.25, -0.2) is 4.98 Å². The predicted molar refractivity (Wildman–Crippen MR) is 68.5 cm³/mol. The molecule has 2 fully saturated rings. The molecular weight excluding hydrogens is 234 g/mol. The molecule has 2 bridgehead atoms. The van der Waals surface area contributed by atoms with Crippen LogP contribution in [0.4, 0.5) is 5.13 Å². The van der Waals surface area contributed by atoms with Crippen molar-refractivity contribution in [3.05, 3.63) is 5.82 Å². The Morgan fingerprint density at radius 2 is 2.18 bits per heavy atom. The second-order valence-corrected chi connectivity index (χ2v) is 6.80. The van der Waals surface area contributed by atoms with Gasteiger partial charge in [0.25, 0.3) is 0 Å². The first kappa shape index (κ1) is 11.4. The van der Waals surface area contributed by atoms with Crippen LogP contribution in [0.15, 0.2) is 0 Å². The van der Waals surface area contributed by atoms with Crippen LogP contribution >= 0.6 is 11.5 Å². The van der Waals surface area contributed by atoms with E-state index in [1.165, 1.54) is 24.4 Å². The summed E-state index contributed by atoms with van der Waals surface area (Å²) in [5.74, 6) is 1.41. The Bertz CT molecular complexity index is 412. The van der Waals surface area contributed by atoms with Crippen LogP contribution in [-0.4, -0.2) is 27.1 Å². The van der Waals surface area contributed by atoms with Gasteiger partial charge in [0.05, 0.1) is 12.2 Å². The van der Waals surface area contributed by atoms with E-state index in [9.17, 15) is 0 Å². The summed E-state index contributed by atoms with van der Waals surface area (Å²) in [6.07, 6.45) is 4.34. The van der Waals surface area contributed by atoms with Crippen molar-refractivity contribution in [1.82, 2.24) is 9.36 Å². The highest BCUT2D eigenvalue weighted by molar-refractivity contribution is 7.09. The van der Waals surface area contributed by atoms with Gasteiger partial charge in [0.2, 0.25) is 5.13 Å². The van der Waals surface area contributed by atoms with Crippen molar-refractivity contribution >= 4 is 16.7 Å². The molecule has 1 aromatic heterocycles. The molecule has 3 rings (SSSR count). The van der Waals surface area contributed by atoms with E-state index in [0.29, 0.717) is 18.1 Å². The molecule has 1 aromatic rings. The lowest BCUT2D eigenvalue weighted by atomic mass is 9.89. The Morgan fingerprint density at radius 3 is 2.76 bits per heavy atom. The van der Waals surface area contributed by atoms with Crippen LogP contribution in [0.2, 0.25) is 0 Å². The van der Waals surface area contributed by atoms with Crippen molar-refractivity contribution in [3.8, 4) is 0 Å². The zero-order chi connectivity index (χ0) is 12.0. The van der Waals surface area contributed by atoms with Gasteiger partial charge < -0.3 is 10.1 Å². The van der Waals surface area contributed by atoms with Crippen molar-refractivity contribution in [2.24, 2.45) is 0 Å². The first-order valence-corrected chi connectivity index (χ1v) is 7.06. The highest BCUT2D eigenvalue weighted by atomic mass is 32.1. The molecule has 0 spiro atoms. The molecule has 0 aliphatic carbocycles. The third kappa shape index (κ3) is 2.31. The van der Waals surface area contributed by atoms with Crippen LogP contribution in [-0.2, 0) is 4.74 Å². The lowest BCUT2D eigenvalue weighted by molar-refractivity contribution is 0.1000. The number of nitrogens with zero attached hydrogens (tertiary/aromatic N) is 2. The number of ether oxygens (including phenoxy) is 1. The summed E-state index contributed by atoms with van der Waals surface area (Å²) in [5, 5.41) is 4.30. The molecule has 2 saturated heterocycles. The number of anilines is 1. The normalized spacial score (nSPS) is 32.1. The summed E-state index contributed by atoms with van der Waals surface area (Å²) in [6, 6.07) is 0. The molecule has 2 aliphatic rings. The van der Waals surface area contributed by atoms with E-state index in [2.05, 4.69) is 35.4 Å². The van der Waals surface area contributed by atoms with Gasteiger partial charge in [0.15, 0.2) is 0 Å². The number of fused-ring (bicyclic) bond motifs is 2. The van der Waals surface area contributed by atoms with Crippen molar-refractivity contribution in [3.63, 3.8) is 0 Å². The zero-order valence-corrected chi connectivity index (χ0v) is 11.4. The van der Waals surface area contributed by atoms with Crippen molar-refractivity contribution in [2.45, 2.75) is 63.7 Å². The molecule has 0 saturated carbocycles. The van der Waals surface area contributed by atoms with E-state index < -0.39 is 0 Å². The van der Waals surface area contributed by atoms with Crippen LogP contribution in [0, 0.1) is 0 Å². The van der Waals surface area contributed by atoms with Gasteiger partial charge in [-0.2, -0.15) is 4.37 Å². The van der Waals surface area contributed by atoms with E-state index in [1.807, 2.05) is 0 Å². The Hall–Kier alpha value is -0.680. The largest absolute Gasteiger partial charge is 0.374 e. The zero-order valence-electron chi connectivity index (χ0n) is 10.6. The summed E-state index contributed by atoms with van der Waals surface area (Å²) >= 11 is 1.46. The summed E-state index contributed by atoms with van der Waals surface area (Å²) in [4.78, 5) is 4.61. The standard InChI is InChI=1S/C12H19N3OS/c1-12(2,3)14-11-13-10(15-17-11)8-6-7-4-5-9(8)16-7/h7-9H,4-6H2,1-3H3,(H,13,14,15). The summed E-state index contributed by atoms with van der Waals surface area (Å²) in [6.45, 7) is 6.40. The third-order valence-corrected chi connectivity index (χ3v) is 4.01. The third-order valence-electron chi connectivity index (χ3n) is 3.36. The fraction of sp³-hybridized carbons (Fsp3) is 0.833. The Morgan fingerprint density at radius 1 is 1.35 bits per heavy atom. The first-order chi connectivity index (χ1) is 8.01. The molecule has 5 heteroatoms. The summed E-state index contributed by atoms with van der Waals surface area (Å²) in [5.41, 5.74) is 0.0436. The molecule has 0 aromatic carbocycles. The minimum Gasteiger partial charge on any atom is -0.374 e. The number of hydrogen-bond acceptors (Lipinski definition) is 5. The fourth-order valence-corrected chi connectivity index (χ4v) is 3.51. The van der Waals surface area contributed by atoms with Crippen LogP contribution < -0.4 is 5.32 Å².